The maximum absolute atomic E-state index is 5.89. The van der Waals surface area contributed by atoms with Crippen molar-refractivity contribution in [1.82, 2.24) is 19.9 Å². The van der Waals surface area contributed by atoms with Crippen molar-refractivity contribution < 1.29 is 4.74 Å². The first kappa shape index (κ1) is 13.8. The first-order chi connectivity index (χ1) is 11.3. The number of fused-ring (bicyclic) bond motifs is 2. The van der Waals surface area contributed by atoms with Gasteiger partial charge in [0.2, 0.25) is 0 Å². The van der Waals surface area contributed by atoms with Crippen LogP contribution in [0, 0.1) is 0 Å². The molecule has 0 spiro atoms. The van der Waals surface area contributed by atoms with Gasteiger partial charge in [0.15, 0.2) is 0 Å². The van der Waals surface area contributed by atoms with Gasteiger partial charge in [-0.05, 0) is 11.6 Å². The number of rotatable bonds is 3. The largest absolute Gasteiger partial charge is 0.487 e. The minimum atomic E-state index is 0.469. The molecule has 1 aromatic carbocycles. The molecule has 6 heteroatoms. The molecule has 3 heterocycles. The molecule has 0 atom stereocenters. The molecule has 23 heavy (non-hydrogen) atoms. The van der Waals surface area contributed by atoms with Crippen molar-refractivity contribution in [2.45, 2.75) is 19.6 Å². The van der Waals surface area contributed by atoms with Crippen LogP contribution in [0.5, 0.6) is 5.75 Å². The Bertz CT molecular complexity index is 816. The first-order valence-electron chi connectivity index (χ1n) is 7.54. The fraction of sp³-hybridized carbons (Fsp3) is 0.235. The molecular formula is C17H17N5O. The minimum Gasteiger partial charge on any atom is -0.487 e. The van der Waals surface area contributed by atoms with Gasteiger partial charge < -0.3 is 14.6 Å². The van der Waals surface area contributed by atoms with E-state index in [2.05, 4.69) is 30.9 Å². The lowest BCUT2D eigenvalue weighted by molar-refractivity contribution is 0.302. The van der Waals surface area contributed by atoms with Crippen LogP contribution in [0.1, 0.15) is 22.6 Å². The molecule has 0 saturated heterocycles. The molecule has 1 N–H and O–H groups in total. The van der Waals surface area contributed by atoms with Crippen LogP contribution in [0.4, 0.5) is 5.82 Å². The third kappa shape index (κ3) is 2.63. The summed E-state index contributed by atoms with van der Waals surface area (Å²) < 4.78 is 5.89. The highest BCUT2D eigenvalue weighted by molar-refractivity contribution is 5.53. The number of hydrogen-bond acceptors (Lipinski definition) is 5. The monoisotopic (exact) mass is 307 g/mol. The lowest BCUT2D eigenvalue weighted by Crippen LogP contribution is -2.21. The van der Waals surface area contributed by atoms with E-state index in [1.54, 1.807) is 12.5 Å². The zero-order valence-corrected chi connectivity index (χ0v) is 12.9. The molecule has 0 aliphatic carbocycles. The quantitative estimate of drug-likeness (QED) is 0.804. The van der Waals surface area contributed by atoms with Crippen molar-refractivity contribution in [3.63, 3.8) is 0 Å². The molecule has 6 nitrogen and oxygen atoms in total. The Morgan fingerprint density at radius 3 is 3.00 bits per heavy atom. The number of hydrogen-bond donors (Lipinski definition) is 1. The maximum Gasteiger partial charge on any atom is 0.136 e. The van der Waals surface area contributed by atoms with E-state index in [1.807, 2.05) is 31.4 Å². The lowest BCUT2D eigenvalue weighted by atomic mass is 10.0. The molecule has 1 aliphatic heterocycles. The molecule has 116 valence electrons. The van der Waals surface area contributed by atoms with E-state index in [4.69, 9.17) is 4.74 Å². The summed E-state index contributed by atoms with van der Waals surface area (Å²) in [6, 6.07) is 8.11. The smallest absolute Gasteiger partial charge is 0.136 e. The van der Waals surface area contributed by atoms with Gasteiger partial charge >= 0.3 is 0 Å². The fourth-order valence-electron chi connectivity index (χ4n) is 2.88. The highest BCUT2D eigenvalue weighted by Crippen LogP contribution is 2.31. The van der Waals surface area contributed by atoms with Crippen molar-refractivity contribution in [3.8, 4) is 5.75 Å². The lowest BCUT2D eigenvalue weighted by Gasteiger charge is -2.20. The van der Waals surface area contributed by atoms with Crippen LogP contribution in [0.25, 0.3) is 0 Å². The summed E-state index contributed by atoms with van der Waals surface area (Å²) in [5, 5.41) is 0. The number of nitrogens with zero attached hydrogens (tertiary/aromatic N) is 4. The second-order valence-electron chi connectivity index (χ2n) is 5.59. The van der Waals surface area contributed by atoms with Gasteiger partial charge in [-0.1, -0.05) is 18.2 Å². The predicted octanol–water partition coefficient (Wildman–Crippen LogP) is 2.32. The van der Waals surface area contributed by atoms with Crippen LogP contribution >= 0.6 is 0 Å². The molecule has 0 fully saturated rings. The van der Waals surface area contributed by atoms with Crippen LogP contribution in [0.15, 0.2) is 43.0 Å². The van der Waals surface area contributed by atoms with Crippen LogP contribution in [0.2, 0.25) is 0 Å². The summed E-state index contributed by atoms with van der Waals surface area (Å²) in [6.45, 7) is 1.13. The van der Waals surface area contributed by atoms with E-state index in [0.717, 1.165) is 40.6 Å². The van der Waals surface area contributed by atoms with E-state index < -0.39 is 0 Å². The molecular weight excluding hydrogens is 290 g/mol. The fourth-order valence-corrected chi connectivity index (χ4v) is 2.88. The molecule has 3 aromatic rings. The van der Waals surface area contributed by atoms with Gasteiger partial charge in [-0.3, -0.25) is 0 Å². The Hall–Kier alpha value is -2.89. The number of anilines is 1. The normalized spacial score (nSPS) is 12.7. The molecule has 0 saturated carbocycles. The number of H-pyrrole nitrogens is 1. The highest BCUT2D eigenvalue weighted by atomic mass is 16.5. The molecule has 4 rings (SSSR count). The molecule has 0 unspecified atom stereocenters. The summed E-state index contributed by atoms with van der Waals surface area (Å²) in [5.41, 5.74) is 3.22. The standard InChI is InChI=1S/C17H17N5O/c1-22(9-16-18-6-7-19-16)17-13-8-12-4-2-3-5-15(12)23-10-14(13)20-11-21-17/h2-7,11H,8-10H2,1H3,(H,18,19). The summed E-state index contributed by atoms with van der Waals surface area (Å²) in [7, 11) is 2.02. The number of benzene rings is 1. The van der Waals surface area contributed by atoms with Crippen LogP contribution in [-0.2, 0) is 19.6 Å². The maximum atomic E-state index is 5.89. The predicted molar refractivity (Wildman–Crippen MR) is 86.3 cm³/mol. The third-order valence-corrected chi connectivity index (χ3v) is 4.02. The summed E-state index contributed by atoms with van der Waals surface area (Å²) in [5.74, 6) is 2.75. The van der Waals surface area contributed by atoms with Gasteiger partial charge in [0.1, 0.15) is 30.3 Å². The van der Waals surface area contributed by atoms with Gasteiger partial charge in [-0.25, -0.2) is 15.0 Å². The Morgan fingerprint density at radius 2 is 2.13 bits per heavy atom. The van der Waals surface area contributed by atoms with E-state index in [9.17, 15) is 0 Å². The van der Waals surface area contributed by atoms with Crippen molar-refractivity contribution >= 4 is 5.82 Å². The first-order valence-corrected chi connectivity index (χ1v) is 7.54. The van der Waals surface area contributed by atoms with Gasteiger partial charge in [0.05, 0.1) is 12.2 Å². The second kappa shape index (κ2) is 5.72. The molecule has 0 amide bonds. The zero-order valence-electron chi connectivity index (χ0n) is 12.9. The SMILES string of the molecule is CN(Cc1ncc[nH]1)c1ncnc2c1Cc1ccccc1OC2. The van der Waals surface area contributed by atoms with Gasteiger partial charge in [-0.15, -0.1) is 0 Å². The Kier molecular flexibility index (Phi) is 3.42. The molecule has 1 aliphatic rings. The number of aromatic amines is 1. The number of nitrogens with one attached hydrogen (secondary N) is 1. The van der Waals surface area contributed by atoms with Crippen molar-refractivity contribution in [1.29, 1.82) is 0 Å². The highest BCUT2D eigenvalue weighted by Gasteiger charge is 2.21. The molecule has 0 bridgehead atoms. The summed E-state index contributed by atoms with van der Waals surface area (Å²) in [6.07, 6.45) is 5.96. The Labute approximate surface area is 134 Å². The number of imidazole rings is 1. The van der Waals surface area contributed by atoms with Crippen LogP contribution < -0.4 is 9.64 Å². The minimum absolute atomic E-state index is 0.469. The van der Waals surface area contributed by atoms with E-state index in [-0.39, 0.29) is 0 Å². The van der Waals surface area contributed by atoms with Crippen LogP contribution in [0.3, 0.4) is 0 Å². The van der Waals surface area contributed by atoms with Crippen molar-refractivity contribution in [2.75, 3.05) is 11.9 Å². The molecule has 2 aromatic heterocycles. The van der Waals surface area contributed by atoms with Gasteiger partial charge in [-0.2, -0.15) is 0 Å². The van der Waals surface area contributed by atoms with E-state index in [0.29, 0.717) is 13.2 Å². The number of ether oxygens (including phenoxy) is 1. The van der Waals surface area contributed by atoms with Crippen LogP contribution in [-0.4, -0.2) is 27.0 Å². The third-order valence-electron chi connectivity index (χ3n) is 4.02. The summed E-state index contributed by atoms with van der Waals surface area (Å²) in [4.78, 5) is 18.4. The average Bonchev–Trinajstić information content (AvgIpc) is 3.00. The Balaban J connectivity index is 1.70. The van der Waals surface area contributed by atoms with Crippen molar-refractivity contribution in [2.24, 2.45) is 0 Å². The number of aromatic nitrogens is 4. The van der Waals surface area contributed by atoms with E-state index in [1.165, 1.54) is 0 Å². The van der Waals surface area contributed by atoms with Gasteiger partial charge in [0, 0.05) is 31.4 Å². The average molecular weight is 307 g/mol. The number of para-hydroxylation sites is 1. The second-order valence-corrected chi connectivity index (χ2v) is 5.59. The molecule has 0 radical (unpaired) electrons. The van der Waals surface area contributed by atoms with Gasteiger partial charge in [0.25, 0.3) is 0 Å². The van der Waals surface area contributed by atoms with E-state index >= 15 is 0 Å². The Morgan fingerprint density at radius 1 is 1.22 bits per heavy atom. The summed E-state index contributed by atoms with van der Waals surface area (Å²) >= 11 is 0. The van der Waals surface area contributed by atoms with Crippen molar-refractivity contribution in [3.05, 3.63) is 65.6 Å². The topological polar surface area (TPSA) is 66.9 Å². The zero-order chi connectivity index (χ0) is 15.6.